The van der Waals surface area contributed by atoms with Gasteiger partial charge in [0.2, 0.25) is 10.0 Å². The van der Waals surface area contributed by atoms with E-state index in [1.165, 1.54) is 15.6 Å². The standard InChI is InChI=1S/C13H17N3O2S2/c1-16(7-5-11-4-2-3-6-15-11)20(17,18)13-8-12(9-14)19-10-13/h2-4,6,8,10H,5,7,9,14H2,1H3. The van der Waals surface area contributed by atoms with E-state index in [9.17, 15) is 8.42 Å². The van der Waals surface area contributed by atoms with Gasteiger partial charge in [-0.3, -0.25) is 4.98 Å². The number of nitrogens with zero attached hydrogens (tertiary/aromatic N) is 2. The van der Waals surface area contributed by atoms with Gasteiger partial charge in [-0.25, -0.2) is 12.7 Å². The fraction of sp³-hybridized carbons (Fsp3) is 0.308. The van der Waals surface area contributed by atoms with Gasteiger partial charge >= 0.3 is 0 Å². The molecule has 108 valence electrons. The Kier molecular flexibility index (Phi) is 4.87. The van der Waals surface area contributed by atoms with Gasteiger partial charge in [-0.2, -0.15) is 0 Å². The summed E-state index contributed by atoms with van der Waals surface area (Å²) in [6.45, 7) is 0.755. The number of rotatable bonds is 6. The van der Waals surface area contributed by atoms with E-state index < -0.39 is 10.0 Å². The summed E-state index contributed by atoms with van der Waals surface area (Å²) in [4.78, 5) is 5.36. The number of hydrogen-bond acceptors (Lipinski definition) is 5. The van der Waals surface area contributed by atoms with E-state index in [0.717, 1.165) is 10.6 Å². The van der Waals surface area contributed by atoms with Gasteiger partial charge in [0.05, 0.1) is 4.90 Å². The van der Waals surface area contributed by atoms with E-state index in [0.29, 0.717) is 24.4 Å². The Bertz CT molecular complexity index is 653. The second kappa shape index (κ2) is 6.45. The minimum absolute atomic E-state index is 0.312. The first-order valence-corrected chi connectivity index (χ1v) is 8.49. The van der Waals surface area contributed by atoms with E-state index in [1.807, 2.05) is 18.2 Å². The molecule has 2 aromatic heterocycles. The van der Waals surface area contributed by atoms with Crippen LogP contribution in [0.15, 0.2) is 40.7 Å². The molecule has 0 radical (unpaired) electrons. The average Bonchev–Trinajstić information content (AvgIpc) is 2.95. The molecule has 2 aromatic rings. The molecule has 0 aromatic carbocycles. The Hall–Kier alpha value is -1.28. The molecular weight excluding hydrogens is 294 g/mol. The van der Waals surface area contributed by atoms with E-state index in [-0.39, 0.29) is 0 Å². The largest absolute Gasteiger partial charge is 0.326 e. The van der Waals surface area contributed by atoms with Gasteiger partial charge in [0.15, 0.2) is 0 Å². The molecule has 7 heteroatoms. The molecule has 0 saturated carbocycles. The van der Waals surface area contributed by atoms with Crippen LogP contribution in [-0.2, 0) is 23.0 Å². The minimum Gasteiger partial charge on any atom is -0.326 e. The quantitative estimate of drug-likeness (QED) is 0.876. The molecule has 2 heterocycles. The second-order valence-electron chi connectivity index (χ2n) is 4.35. The Morgan fingerprint density at radius 2 is 2.20 bits per heavy atom. The van der Waals surface area contributed by atoms with Gasteiger partial charge in [-0.1, -0.05) is 6.07 Å². The summed E-state index contributed by atoms with van der Waals surface area (Å²) in [5.41, 5.74) is 6.39. The highest BCUT2D eigenvalue weighted by atomic mass is 32.2. The summed E-state index contributed by atoms with van der Waals surface area (Å²) >= 11 is 1.37. The number of thiophene rings is 1. The van der Waals surface area contributed by atoms with Crippen LogP contribution < -0.4 is 5.73 Å². The summed E-state index contributed by atoms with van der Waals surface area (Å²) in [7, 11) is -1.86. The van der Waals surface area contributed by atoms with Gasteiger partial charge in [0, 0.05) is 48.7 Å². The Morgan fingerprint density at radius 3 is 2.80 bits per heavy atom. The zero-order chi connectivity index (χ0) is 14.6. The predicted molar refractivity (Wildman–Crippen MR) is 80.0 cm³/mol. The minimum atomic E-state index is -3.44. The van der Waals surface area contributed by atoms with Crippen molar-refractivity contribution in [3.05, 3.63) is 46.4 Å². The van der Waals surface area contributed by atoms with Crippen molar-refractivity contribution in [1.82, 2.24) is 9.29 Å². The SMILES string of the molecule is CN(CCc1ccccn1)S(=O)(=O)c1csc(CN)c1. The second-order valence-corrected chi connectivity index (χ2v) is 7.39. The van der Waals surface area contributed by atoms with Crippen molar-refractivity contribution in [1.29, 1.82) is 0 Å². The molecule has 0 aliphatic heterocycles. The van der Waals surface area contributed by atoms with Crippen LogP contribution in [0.1, 0.15) is 10.6 Å². The zero-order valence-corrected chi connectivity index (χ0v) is 12.8. The molecule has 0 saturated heterocycles. The van der Waals surface area contributed by atoms with Gasteiger partial charge in [0.25, 0.3) is 0 Å². The van der Waals surface area contributed by atoms with Crippen LogP contribution in [-0.4, -0.2) is 31.3 Å². The molecule has 0 unspecified atom stereocenters. The van der Waals surface area contributed by atoms with Crippen molar-refractivity contribution in [2.45, 2.75) is 17.9 Å². The van der Waals surface area contributed by atoms with Crippen LogP contribution in [0, 0.1) is 0 Å². The zero-order valence-electron chi connectivity index (χ0n) is 11.2. The van der Waals surface area contributed by atoms with Gasteiger partial charge in [-0.05, 0) is 18.2 Å². The van der Waals surface area contributed by atoms with Gasteiger partial charge in [0.1, 0.15) is 0 Å². The molecule has 0 spiro atoms. The van der Waals surface area contributed by atoms with Crippen LogP contribution >= 0.6 is 11.3 Å². The Balaban J connectivity index is 2.05. The summed E-state index contributed by atoms with van der Waals surface area (Å²) in [5.74, 6) is 0. The third kappa shape index (κ3) is 3.43. The Labute approximate surface area is 123 Å². The number of nitrogens with two attached hydrogens (primary N) is 1. The number of hydrogen-bond donors (Lipinski definition) is 1. The third-order valence-corrected chi connectivity index (χ3v) is 5.89. The highest BCUT2D eigenvalue weighted by molar-refractivity contribution is 7.89. The molecule has 2 N–H and O–H groups in total. The van der Waals surface area contributed by atoms with E-state index in [1.54, 1.807) is 24.7 Å². The van der Waals surface area contributed by atoms with Gasteiger partial charge < -0.3 is 5.73 Å². The molecule has 20 heavy (non-hydrogen) atoms. The fourth-order valence-electron chi connectivity index (χ4n) is 1.72. The maximum atomic E-state index is 12.4. The number of likely N-dealkylation sites (N-methyl/N-ethyl adjacent to an activating group) is 1. The fourth-order valence-corrected chi connectivity index (χ4v) is 4.04. The average molecular weight is 311 g/mol. The van der Waals surface area contributed by atoms with Crippen molar-refractivity contribution >= 4 is 21.4 Å². The monoisotopic (exact) mass is 311 g/mol. The van der Waals surface area contributed by atoms with Crippen LogP contribution in [0.5, 0.6) is 0 Å². The van der Waals surface area contributed by atoms with Crippen LogP contribution in [0.2, 0.25) is 0 Å². The molecule has 2 rings (SSSR count). The van der Waals surface area contributed by atoms with Crippen LogP contribution in [0.3, 0.4) is 0 Å². The summed E-state index contributed by atoms with van der Waals surface area (Å²) < 4.78 is 26.1. The molecule has 0 atom stereocenters. The molecule has 0 amide bonds. The lowest BCUT2D eigenvalue weighted by molar-refractivity contribution is 0.471. The lowest BCUT2D eigenvalue weighted by Crippen LogP contribution is -2.28. The number of pyridine rings is 1. The van der Waals surface area contributed by atoms with E-state index in [4.69, 9.17) is 5.73 Å². The van der Waals surface area contributed by atoms with E-state index >= 15 is 0 Å². The maximum absolute atomic E-state index is 12.4. The third-order valence-electron chi connectivity index (χ3n) is 2.95. The number of sulfonamides is 1. The maximum Gasteiger partial charge on any atom is 0.243 e. The first kappa shape index (κ1) is 15.1. The van der Waals surface area contributed by atoms with Crippen molar-refractivity contribution in [3.63, 3.8) is 0 Å². The highest BCUT2D eigenvalue weighted by Gasteiger charge is 2.21. The Morgan fingerprint density at radius 1 is 1.40 bits per heavy atom. The molecule has 0 fully saturated rings. The summed E-state index contributed by atoms with van der Waals surface area (Å²) in [6.07, 6.45) is 2.29. The van der Waals surface area contributed by atoms with Crippen LogP contribution in [0.25, 0.3) is 0 Å². The van der Waals surface area contributed by atoms with Gasteiger partial charge in [-0.15, -0.1) is 11.3 Å². The first-order valence-electron chi connectivity index (χ1n) is 6.18. The first-order chi connectivity index (χ1) is 9.54. The summed E-state index contributed by atoms with van der Waals surface area (Å²) in [6, 6.07) is 7.25. The molecule has 5 nitrogen and oxygen atoms in total. The van der Waals surface area contributed by atoms with Crippen LogP contribution in [0.4, 0.5) is 0 Å². The molecular formula is C13H17N3O2S2. The predicted octanol–water partition coefficient (Wildman–Crippen LogP) is 1.47. The lowest BCUT2D eigenvalue weighted by atomic mass is 10.3. The van der Waals surface area contributed by atoms with E-state index in [2.05, 4.69) is 4.98 Å². The normalized spacial score (nSPS) is 11.9. The molecule has 0 bridgehead atoms. The number of aromatic nitrogens is 1. The molecule has 0 aliphatic carbocycles. The lowest BCUT2D eigenvalue weighted by Gasteiger charge is -2.15. The van der Waals surface area contributed by atoms with Crippen molar-refractivity contribution in [2.24, 2.45) is 5.73 Å². The van der Waals surface area contributed by atoms with Crippen molar-refractivity contribution < 1.29 is 8.42 Å². The van der Waals surface area contributed by atoms with Crippen molar-refractivity contribution in [3.8, 4) is 0 Å². The topological polar surface area (TPSA) is 76.3 Å². The van der Waals surface area contributed by atoms with Crippen molar-refractivity contribution in [2.75, 3.05) is 13.6 Å². The smallest absolute Gasteiger partial charge is 0.243 e. The molecule has 0 aliphatic rings. The highest BCUT2D eigenvalue weighted by Crippen LogP contribution is 2.21. The summed E-state index contributed by atoms with van der Waals surface area (Å²) in [5, 5.41) is 1.63.